The lowest BCUT2D eigenvalue weighted by Gasteiger charge is -2.15. The molecule has 0 radical (unpaired) electrons. The van der Waals surface area contributed by atoms with E-state index in [9.17, 15) is 0 Å². The minimum Gasteiger partial charge on any atom is -0.468 e. The van der Waals surface area contributed by atoms with Gasteiger partial charge in [0, 0.05) is 19.8 Å². The number of nitrogens with two attached hydrogens (primary N) is 1. The Kier molecular flexibility index (Phi) is 4.53. The zero-order chi connectivity index (χ0) is 9.52. The summed E-state index contributed by atoms with van der Waals surface area (Å²) in [6, 6.07) is 3.84. The Labute approximate surface area is 78.7 Å². The van der Waals surface area contributed by atoms with Crippen LogP contribution in [-0.2, 0) is 6.54 Å². The Balaban J connectivity index is 2.07. The minimum atomic E-state index is 0.693. The number of rotatable bonds is 6. The van der Waals surface area contributed by atoms with Gasteiger partial charge in [0.05, 0.1) is 12.8 Å². The van der Waals surface area contributed by atoms with Gasteiger partial charge < -0.3 is 10.2 Å². The number of likely N-dealkylation sites (N-methyl/N-ethyl adjacent to an activating group) is 1. The molecule has 0 atom stereocenters. The van der Waals surface area contributed by atoms with Crippen molar-refractivity contribution in [2.24, 2.45) is 5.73 Å². The molecule has 0 bridgehead atoms. The van der Waals surface area contributed by atoms with Gasteiger partial charge in [-0.2, -0.15) is 0 Å². The fourth-order valence-electron chi connectivity index (χ4n) is 1.08. The summed E-state index contributed by atoms with van der Waals surface area (Å²) >= 11 is 0. The van der Waals surface area contributed by atoms with E-state index < -0.39 is 0 Å². The molecule has 0 aliphatic rings. The third kappa shape index (κ3) is 4.07. The standard InChI is InChI=1S/C9H17N3O/c1-12(5-4-10)8-11-7-9-3-2-6-13-9/h2-3,6,11H,4-5,7-8,10H2,1H3. The first-order valence-electron chi connectivity index (χ1n) is 4.44. The van der Waals surface area contributed by atoms with Crippen LogP contribution in [0.4, 0.5) is 0 Å². The van der Waals surface area contributed by atoms with Gasteiger partial charge in [0.15, 0.2) is 0 Å². The van der Waals surface area contributed by atoms with Crippen LogP contribution < -0.4 is 11.1 Å². The molecule has 0 aliphatic heterocycles. The van der Waals surface area contributed by atoms with Crippen molar-refractivity contribution >= 4 is 0 Å². The Morgan fingerprint density at radius 3 is 3.08 bits per heavy atom. The molecule has 0 saturated heterocycles. The fraction of sp³-hybridized carbons (Fsp3) is 0.556. The predicted octanol–water partition coefficient (Wildman–Crippen LogP) is 0.217. The minimum absolute atomic E-state index is 0.693. The van der Waals surface area contributed by atoms with Crippen molar-refractivity contribution in [2.75, 3.05) is 26.8 Å². The molecule has 1 rings (SSSR count). The molecular formula is C9H17N3O. The van der Waals surface area contributed by atoms with E-state index in [0.717, 1.165) is 25.5 Å². The molecule has 0 spiro atoms. The summed E-state index contributed by atoms with van der Waals surface area (Å²) in [6.07, 6.45) is 1.68. The number of furan rings is 1. The van der Waals surface area contributed by atoms with E-state index in [1.54, 1.807) is 6.26 Å². The van der Waals surface area contributed by atoms with Gasteiger partial charge in [-0.25, -0.2) is 0 Å². The Hall–Kier alpha value is -0.840. The van der Waals surface area contributed by atoms with Gasteiger partial charge in [-0.05, 0) is 19.2 Å². The molecule has 0 aliphatic carbocycles. The van der Waals surface area contributed by atoms with Gasteiger partial charge in [-0.15, -0.1) is 0 Å². The number of hydrogen-bond donors (Lipinski definition) is 2. The van der Waals surface area contributed by atoms with Gasteiger partial charge in [0.2, 0.25) is 0 Å². The highest BCUT2D eigenvalue weighted by molar-refractivity contribution is 4.97. The lowest BCUT2D eigenvalue weighted by molar-refractivity contribution is 0.307. The Bertz CT molecular complexity index is 211. The molecule has 1 aromatic heterocycles. The zero-order valence-corrected chi connectivity index (χ0v) is 7.99. The maximum Gasteiger partial charge on any atom is 0.117 e. The maximum atomic E-state index is 5.41. The molecule has 0 fully saturated rings. The first kappa shape index (κ1) is 10.2. The van der Waals surface area contributed by atoms with Crippen LogP contribution in [0.2, 0.25) is 0 Å². The van der Waals surface area contributed by atoms with E-state index in [1.165, 1.54) is 0 Å². The maximum absolute atomic E-state index is 5.41. The normalized spacial score (nSPS) is 11.0. The number of hydrogen-bond acceptors (Lipinski definition) is 4. The topological polar surface area (TPSA) is 54.4 Å². The van der Waals surface area contributed by atoms with E-state index in [1.807, 2.05) is 19.2 Å². The summed E-state index contributed by atoms with van der Waals surface area (Å²) in [4.78, 5) is 2.13. The van der Waals surface area contributed by atoms with E-state index in [0.29, 0.717) is 6.54 Å². The molecule has 0 unspecified atom stereocenters. The first-order chi connectivity index (χ1) is 6.33. The van der Waals surface area contributed by atoms with Crippen LogP contribution in [0, 0.1) is 0 Å². The average Bonchev–Trinajstić information content (AvgIpc) is 2.57. The molecule has 0 amide bonds. The molecule has 74 valence electrons. The van der Waals surface area contributed by atoms with Gasteiger partial charge in [0.25, 0.3) is 0 Å². The van der Waals surface area contributed by atoms with Crippen molar-refractivity contribution < 1.29 is 4.42 Å². The zero-order valence-electron chi connectivity index (χ0n) is 7.99. The smallest absolute Gasteiger partial charge is 0.117 e. The predicted molar refractivity (Wildman–Crippen MR) is 52.1 cm³/mol. The quantitative estimate of drug-likeness (QED) is 0.619. The van der Waals surface area contributed by atoms with Crippen LogP contribution in [0.5, 0.6) is 0 Å². The lowest BCUT2D eigenvalue weighted by Crippen LogP contribution is -2.34. The highest BCUT2D eigenvalue weighted by Gasteiger charge is 1.97. The van der Waals surface area contributed by atoms with Gasteiger partial charge in [-0.1, -0.05) is 0 Å². The molecular weight excluding hydrogens is 166 g/mol. The molecule has 3 N–H and O–H groups in total. The van der Waals surface area contributed by atoms with Crippen molar-refractivity contribution in [2.45, 2.75) is 6.54 Å². The average molecular weight is 183 g/mol. The SMILES string of the molecule is CN(CCN)CNCc1ccco1. The molecule has 13 heavy (non-hydrogen) atoms. The van der Waals surface area contributed by atoms with E-state index >= 15 is 0 Å². The van der Waals surface area contributed by atoms with Crippen molar-refractivity contribution in [3.8, 4) is 0 Å². The number of nitrogens with one attached hydrogen (secondary N) is 1. The highest BCUT2D eigenvalue weighted by Crippen LogP contribution is 1.97. The van der Waals surface area contributed by atoms with Crippen molar-refractivity contribution in [1.29, 1.82) is 0 Å². The third-order valence-electron chi connectivity index (χ3n) is 1.77. The van der Waals surface area contributed by atoms with Crippen LogP contribution in [0.25, 0.3) is 0 Å². The largest absolute Gasteiger partial charge is 0.468 e. The second kappa shape index (κ2) is 5.75. The fourth-order valence-corrected chi connectivity index (χ4v) is 1.08. The monoisotopic (exact) mass is 183 g/mol. The van der Waals surface area contributed by atoms with E-state index in [-0.39, 0.29) is 0 Å². The molecule has 1 aromatic rings. The van der Waals surface area contributed by atoms with Crippen LogP contribution >= 0.6 is 0 Å². The highest BCUT2D eigenvalue weighted by atomic mass is 16.3. The second-order valence-electron chi connectivity index (χ2n) is 3.03. The van der Waals surface area contributed by atoms with Crippen molar-refractivity contribution in [3.05, 3.63) is 24.2 Å². The van der Waals surface area contributed by atoms with Crippen LogP contribution in [0.3, 0.4) is 0 Å². The summed E-state index contributed by atoms with van der Waals surface area (Å²) in [7, 11) is 2.03. The van der Waals surface area contributed by atoms with E-state index in [2.05, 4.69) is 10.2 Å². The van der Waals surface area contributed by atoms with Gasteiger partial charge >= 0.3 is 0 Å². The first-order valence-corrected chi connectivity index (χ1v) is 4.44. The van der Waals surface area contributed by atoms with Crippen LogP contribution in [0.15, 0.2) is 22.8 Å². The molecule has 4 nitrogen and oxygen atoms in total. The Morgan fingerprint density at radius 1 is 1.62 bits per heavy atom. The molecule has 1 heterocycles. The summed E-state index contributed by atoms with van der Waals surface area (Å²) < 4.78 is 5.17. The van der Waals surface area contributed by atoms with E-state index in [4.69, 9.17) is 10.2 Å². The molecule has 4 heteroatoms. The molecule has 0 aromatic carbocycles. The summed E-state index contributed by atoms with van der Waals surface area (Å²) in [5.74, 6) is 0.959. The van der Waals surface area contributed by atoms with Gasteiger partial charge in [-0.3, -0.25) is 10.2 Å². The second-order valence-corrected chi connectivity index (χ2v) is 3.03. The van der Waals surface area contributed by atoms with Gasteiger partial charge in [0.1, 0.15) is 5.76 Å². The van der Waals surface area contributed by atoms with Crippen molar-refractivity contribution in [3.63, 3.8) is 0 Å². The third-order valence-corrected chi connectivity index (χ3v) is 1.77. The summed E-state index contributed by atoms with van der Waals surface area (Å²) in [5.41, 5.74) is 5.41. The number of nitrogens with zero attached hydrogens (tertiary/aromatic N) is 1. The summed E-state index contributed by atoms with van der Waals surface area (Å²) in [5, 5.41) is 3.25. The lowest BCUT2D eigenvalue weighted by atomic mass is 10.4. The van der Waals surface area contributed by atoms with Crippen LogP contribution in [-0.4, -0.2) is 31.7 Å². The van der Waals surface area contributed by atoms with Crippen LogP contribution in [0.1, 0.15) is 5.76 Å². The summed E-state index contributed by atoms with van der Waals surface area (Å²) in [6.45, 7) is 3.20. The Morgan fingerprint density at radius 2 is 2.46 bits per heavy atom. The van der Waals surface area contributed by atoms with Crippen molar-refractivity contribution in [1.82, 2.24) is 10.2 Å². The molecule has 0 saturated carbocycles.